The van der Waals surface area contributed by atoms with E-state index in [9.17, 15) is 18.0 Å². The van der Waals surface area contributed by atoms with Crippen molar-refractivity contribution < 1.29 is 23.1 Å². The Labute approximate surface area is 157 Å². The number of aliphatic hydroxyl groups excluding tert-OH is 1. The lowest BCUT2D eigenvalue weighted by Gasteiger charge is -2.09. The number of fused-ring (bicyclic) bond motifs is 1. The number of amides is 1. The number of nitrogens with one attached hydrogen (secondary N) is 1. The molecule has 2 N–H and O–H groups in total. The third-order valence-electron chi connectivity index (χ3n) is 3.78. The molecule has 0 aliphatic heterocycles. The minimum atomic E-state index is -4.38. The molecule has 0 fully saturated rings. The Kier molecular flexibility index (Phi) is 5.29. The van der Waals surface area contributed by atoms with Crippen LogP contribution < -0.4 is 5.32 Å². The van der Waals surface area contributed by atoms with Crippen LogP contribution in [-0.4, -0.2) is 22.2 Å². The van der Waals surface area contributed by atoms with Crippen molar-refractivity contribution in [1.82, 2.24) is 4.98 Å². The van der Waals surface area contributed by atoms with E-state index < -0.39 is 6.18 Å². The summed E-state index contributed by atoms with van der Waals surface area (Å²) < 4.78 is 37.7. The number of nitrogens with zero attached hydrogens (tertiary/aromatic N) is 1. The van der Waals surface area contributed by atoms with Crippen LogP contribution in [-0.2, 0) is 6.61 Å². The second-order valence-electron chi connectivity index (χ2n) is 5.85. The minimum absolute atomic E-state index is 0.143. The molecular formula is C19H15F3N2O2S. The fourth-order valence-corrected chi connectivity index (χ4v) is 3.36. The molecule has 3 aromatic rings. The first-order chi connectivity index (χ1) is 12.7. The van der Waals surface area contributed by atoms with Crippen LogP contribution >= 0.6 is 11.3 Å². The number of carbonyl (C=O) groups excluding carboxylic acids is 1. The summed E-state index contributed by atoms with van der Waals surface area (Å²) in [6.45, 7) is 1.52. The first kappa shape index (κ1) is 19.1. The second-order valence-corrected chi connectivity index (χ2v) is 6.97. The first-order valence-electron chi connectivity index (χ1n) is 7.93. The van der Waals surface area contributed by atoms with Crippen LogP contribution in [0.5, 0.6) is 0 Å². The Balaban J connectivity index is 1.78. The van der Waals surface area contributed by atoms with Gasteiger partial charge in [-0.05, 0) is 42.3 Å². The topological polar surface area (TPSA) is 62.2 Å². The Morgan fingerprint density at radius 3 is 2.70 bits per heavy atom. The normalized spacial score (nSPS) is 12.0. The summed E-state index contributed by atoms with van der Waals surface area (Å²) in [4.78, 5) is 16.8. The number of anilines is 1. The number of halogens is 3. The zero-order valence-electron chi connectivity index (χ0n) is 14.2. The van der Waals surface area contributed by atoms with E-state index in [2.05, 4.69) is 10.3 Å². The highest BCUT2D eigenvalue weighted by molar-refractivity contribution is 7.18. The number of carbonyl (C=O) groups is 1. The molecule has 0 atom stereocenters. The van der Waals surface area contributed by atoms with Crippen molar-refractivity contribution in [3.63, 3.8) is 0 Å². The number of aliphatic hydroxyl groups is 1. The smallest absolute Gasteiger partial charge is 0.389 e. The predicted molar refractivity (Wildman–Crippen MR) is 99.8 cm³/mol. The van der Waals surface area contributed by atoms with Crippen LogP contribution in [0.2, 0.25) is 0 Å². The highest BCUT2D eigenvalue weighted by atomic mass is 32.1. The van der Waals surface area contributed by atoms with Gasteiger partial charge in [0.15, 0.2) is 0 Å². The zero-order valence-corrected chi connectivity index (χ0v) is 15.0. The molecule has 3 rings (SSSR count). The maximum Gasteiger partial charge on any atom is 0.409 e. The van der Waals surface area contributed by atoms with Crippen molar-refractivity contribution in [2.45, 2.75) is 19.7 Å². The van der Waals surface area contributed by atoms with E-state index in [-0.39, 0.29) is 18.6 Å². The second kappa shape index (κ2) is 7.50. The molecule has 0 bridgehead atoms. The van der Waals surface area contributed by atoms with Gasteiger partial charge in [-0.15, -0.1) is 11.3 Å². The number of hydrogen-bond acceptors (Lipinski definition) is 4. The van der Waals surface area contributed by atoms with Crippen molar-refractivity contribution in [2.24, 2.45) is 0 Å². The van der Waals surface area contributed by atoms with Crippen molar-refractivity contribution >= 4 is 39.2 Å². The zero-order chi connectivity index (χ0) is 19.6. The van der Waals surface area contributed by atoms with E-state index in [1.165, 1.54) is 29.5 Å². The van der Waals surface area contributed by atoms with E-state index in [1.807, 2.05) is 0 Å². The van der Waals surface area contributed by atoms with Gasteiger partial charge in [-0.3, -0.25) is 4.79 Å². The number of hydrogen-bond donors (Lipinski definition) is 2. The monoisotopic (exact) mass is 392 g/mol. The molecule has 0 saturated heterocycles. The average molecular weight is 392 g/mol. The third-order valence-corrected chi connectivity index (χ3v) is 4.81. The molecule has 0 spiro atoms. The fraction of sp³-hybridized carbons (Fsp3) is 0.158. The van der Waals surface area contributed by atoms with Gasteiger partial charge in [0.05, 0.1) is 16.8 Å². The number of allylic oxidation sites excluding steroid dienone is 1. The fourth-order valence-electron chi connectivity index (χ4n) is 2.55. The van der Waals surface area contributed by atoms with Gasteiger partial charge < -0.3 is 10.4 Å². The molecule has 140 valence electrons. The maximum absolute atomic E-state index is 12.5. The lowest BCUT2D eigenvalue weighted by molar-refractivity contribution is -0.0790. The SMILES string of the molecule is Cc1cc(/C=C/C(F)(F)F)ccc1C(=O)Nc1ccc2sc(CO)nc2c1. The summed E-state index contributed by atoms with van der Waals surface area (Å²) in [6.07, 6.45) is -3.26. The summed E-state index contributed by atoms with van der Waals surface area (Å²) in [7, 11) is 0. The van der Waals surface area contributed by atoms with E-state index in [4.69, 9.17) is 5.11 Å². The minimum Gasteiger partial charge on any atom is -0.389 e. The average Bonchev–Trinajstić information content (AvgIpc) is 3.01. The summed E-state index contributed by atoms with van der Waals surface area (Å²) in [5, 5.41) is 12.5. The molecule has 27 heavy (non-hydrogen) atoms. The molecule has 1 heterocycles. The molecule has 0 aliphatic carbocycles. The van der Waals surface area contributed by atoms with Gasteiger partial charge in [0, 0.05) is 17.3 Å². The number of alkyl halides is 3. The number of rotatable bonds is 4. The number of thiazole rings is 1. The third kappa shape index (κ3) is 4.72. The quantitative estimate of drug-likeness (QED) is 0.662. The number of aryl methyl sites for hydroxylation is 1. The van der Waals surface area contributed by atoms with Crippen molar-refractivity contribution in [2.75, 3.05) is 5.32 Å². The lowest BCUT2D eigenvalue weighted by atomic mass is 10.0. The predicted octanol–water partition coefficient (Wildman–Crippen LogP) is 4.92. The Hall–Kier alpha value is -2.71. The standard InChI is InChI=1S/C19H15F3N2O2S/c1-11-8-12(6-7-19(20,21)22)2-4-14(11)18(26)23-13-3-5-16-15(9-13)24-17(10-25)27-16/h2-9,25H,10H2,1H3,(H,23,26)/b7-6+. The largest absolute Gasteiger partial charge is 0.409 e. The highest BCUT2D eigenvalue weighted by Gasteiger charge is 2.21. The van der Waals surface area contributed by atoms with Crippen LogP contribution in [0.15, 0.2) is 42.5 Å². The van der Waals surface area contributed by atoms with Crippen molar-refractivity contribution in [3.05, 3.63) is 64.2 Å². The van der Waals surface area contributed by atoms with Gasteiger partial charge in [-0.1, -0.05) is 18.2 Å². The van der Waals surface area contributed by atoms with Crippen LogP contribution in [0, 0.1) is 6.92 Å². The lowest BCUT2D eigenvalue weighted by Crippen LogP contribution is -2.13. The molecule has 8 heteroatoms. The van der Waals surface area contributed by atoms with Crippen molar-refractivity contribution in [1.29, 1.82) is 0 Å². The van der Waals surface area contributed by atoms with Crippen molar-refractivity contribution in [3.8, 4) is 0 Å². The van der Waals surface area contributed by atoms with Gasteiger partial charge in [-0.25, -0.2) is 4.98 Å². The number of aromatic nitrogens is 1. The van der Waals surface area contributed by atoms with Gasteiger partial charge in [0.2, 0.25) is 0 Å². The maximum atomic E-state index is 12.5. The molecule has 0 unspecified atom stereocenters. The van der Waals surface area contributed by atoms with E-state index in [0.29, 0.717) is 32.9 Å². The van der Waals surface area contributed by atoms with Crippen LogP contribution in [0.4, 0.5) is 18.9 Å². The molecule has 4 nitrogen and oxygen atoms in total. The molecule has 0 radical (unpaired) electrons. The summed E-state index contributed by atoms with van der Waals surface area (Å²) in [5.74, 6) is -0.365. The van der Waals surface area contributed by atoms with E-state index in [1.54, 1.807) is 25.1 Å². The first-order valence-corrected chi connectivity index (χ1v) is 8.75. The summed E-state index contributed by atoms with van der Waals surface area (Å²) in [6, 6.07) is 9.72. The molecular weight excluding hydrogens is 377 g/mol. The molecule has 0 aliphatic rings. The molecule has 0 saturated carbocycles. The summed E-state index contributed by atoms with van der Waals surface area (Å²) >= 11 is 1.37. The van der Waals surface area contributed by atoms with Gasteiger partial charge in [0.1, 0.15) is 5.01 Å². The number of benzene rings is 2. The molecule has 1 amide bonds. The highest BCUT2D eigenvalue weighted by Crippen LogP contribution is 2.26. The molecule has 1 aromatic heterocycles. The van der Waals surface area contributed by atoms with Crippen LogP contribution in [0.1, 0.15) is 26.5 Å². The Bertz CT molecular complexity index is 1030. The molecule has 2 aromatic carbocycles. The van der Waals surface area contributed by atoms with Crippen LogP contribution in [0.3, 0.4) is 0 Å². The van der Waals surface area contributed by atoms with Gasteiger partial charge in [0.25, 0.3) is 5.91 Å². The van der Waals surface area contributed by atoms with E-state index in [0.717, 1.165) is 10.8 Å². The van der Waals surface area contributed by atoms with Gasteiger partial charge in [-0.2, -0.15) is 13.2 Å². The van der Waals surface area contributed by atoms with Gasteiger partial charge >= 0.3 is 6.18 Å². The Morgan fingerprint density at radius 1 is 1.26 bits per heavy atom. The summed E-state index contributed by atoms with van der Waals surface area (Å²) in [5.41, 5.74) is 2.51. The van der Waals surface area contributed by atoms with Crippen LogP contribution in [0.25, 0.3) is 16.3 Å². The Morgan fingerprint density at radius 2 is 2.04 bits per heavy atom. The van der Waals surface area contributed by atoms with E-state index >= 15 is 0 Å².